The number of halogens is 1. The van der Waals surface area contributed by atoms with Crippen molar-refractivity contribution in [3.8, 4) is 11.6 Å². The van der Waals surface area contributed by atoms with Crippen LogP contribution in [0, 0.1) is 17.8 Å². The number of anilines is 1. The molecule has 7 rings (SSSR count). The number of rotatable bonds is 4. The number of ether oxygens (including phenoxy) is 3. The second-order valence-electron chi connectivity index (χ2n) is 14.3. The van der Waals surface area contributed by atoms with Gasteiger partial charge in [-0.1, -0.05) is 36.7 Å². The fraction of sp³-hybridized carbons (Fsp3) is 0.474. The van der Waals surface area contributed by atoms with Crippen molar-refractivity contribution in [3.05, 3.63) is 88.1 Å². The molecule has 2 aliphatic carbocycles. The lowest BCUT2D eigenvalue weighted by Gasteiger charge is -2.46. The highest BCUT2D eigenvalue weighted by atomic mass is 35.5. The lowest BCUT2D eigenvalue weighted by atomic mass is 9.68. The van der Waals surface area contributed by atoms with Gasteiger partial charge in [-0.05, 0) is 104 Å². The second kappa shape index (κ2) is 14.6. The summed E-state index contributed by atoms with van der Waals surface area (Å²) in [4.78, 5) is 29.8. The Hall–Kier alpha value is -4.00. The summed E-state index contributed by atoms with van der Waals surface area (Å²) < 4.78 is 39.3. The molecule has 1 aromatic heterocycles. The van der Waals surface area contributed by atoms with Gasteiger partial charge in [-0.15, -0.1) is 9.46 Å². The number of nitrogens with one attached hydrogen (secondary N) is 1. The molecule has 1 spiro atoms. The van der Waals surface area contributed by atoms with E-state index in [1.54, 1.807) is 19.2 Å². The van der Waals surface area contributed by atoms with Crippen molar-refractivity contribution >= 4 is 39.0 Å². The fourth-order valence-corrected chi connectivity index (χ4v) is 10.3. The smallest absolute Gasteiger partial charge is 0.286 e. The van der Waals surface area contributed by atoms with Crippen LogP contribution in [0.25, 0.3) is 0 Å². The van der Waals surface area contributed by atoms with Gasteiger partial charge in [0.25, 0.3) is 11.8 Å². The lowest BCUT2D eigenvalue weighted by molar-refractivity contribution is 0.0131. The van der Waals surface area contributed by atoms with Crippen molar-refractivity contribution in [1.82, 2.24) is 14.9 Å². The van der Waals surface area contributed by atoms with Gasteiger partial charge in [0.2, 0.25) is 5.88 Å². The average Bonchev–Trinajstić information content (AvgIpc) is 3.25. The van der Waals surface area contributed by atoms with Gasteiger partial charge in [0.1, 0.15) is 21.2 Å². The number of aromatic nitrogens is 2. The van der Waals surface area contributed by atoms with Crippen molar-refractivity contribution in [2.75, 3.05) is 44.6 Å². The van der Waals surface area contributed by atoms with Crippen molar-refractivity contribution < 1.29 is 28.0 Å². The summed E-state index contributed by atoms with van der Waals surface area (Å²) in [7, 11) is -0.497. The SMILES string of the molecule is COc1nnccc1C(=O)NS1(=O)=NC(=O)c2ccc3c(c2)N(C[C@@H]2CC[C@H]2[C@@H](OC)/C=C/C[C@H](C)C1)C[C@@]1(CCCc2cc(Cl)ccc21)CO3. The minimum atomic E-state index is -3.61. The number of aryl methyl sites for hydroxylation is 1. The lowest BCUT2D eigenvalue weighted by Crippen LogP contribution is -2.49. The van der Waals surface area contributed by atoms with Crippen LogP contribution in [0.1, 0.15) is 70.9 Å². The van der Waals surface area contributed by atoms with Crippen LogP contribution < -0.4 is 19.1 Å². The zero-order valence-corrected chi connectivity index (χ0v) is 30.8. The Kier molecular flexibility index (Phi) is 10.1. The van der Waals surface area contributed by atoms with E-state index in [0.717, 1.165) is 49.4 Å². The van der Waals surface area contributed by atoms with E-state index in [9.17, 15) is 13.8 Å². The number of hydrogen-bond donors (Lipinski definition) is 1. The first kappa shape index (κ1) is 35.4. The summed E-state index contributed by atoms with van der Waals surface area (Å²) in [6.07, 6.45) is 11.1. The Morgan fingerprint density at radius 2 is 2.02 bits per heavy atom. The summed E-state index contributed by atoms with van der Waals surface area (Å²) in [5.41, 5.74) is 3.34. The number of benzene rings is 2. The molecule has 1 saturated carbocycles. The Bertz CT molecular complexity index is 1980. The first-order chi connectivity index (χ1) is 24.6. The quantitative estimate of drug-likeness (QED) is 0.311. The van der Waals surface area contributed by atoms with E-state index >= 15 is 0 Å². The number of carbonyl (C=O) groups is 2. The Balaban J connectivity index is 1.31. The van der Waals surface area contributed by atoms with E-state index in [-0.39, 0.29) is 40.2 Å². The van der Waals surface area contributed by atoms with Gasteiger partial charge in [0.15, 0.2) is 0 Å². The predicted octanol–water partition coefficient (Wildman–Crippen LogP) is 6.20. The number of fused-ring (bicyclic) bond motifs is 4. The zero-order chi connectivity index (χ0) is 35.8. The van der Waals surface area contributed by atoms with Crippen LogP contribution in [-0.2, 0) is 26.5 Å². The van der Waals surface area contributed by atoms with Gasteiger partial charge < -0.3 is 19.1 Å². The third-order valence-electron chi connectivity index (χ3n) is 10.9. The van der Waals surface area contributed by atoms with E-state index in [1.165, 1.54) is 30.5 Å². The molecule has 0 saturated heterocycles. The molecule has 11 nitrogen and oxygen atoms in total. The summed E-state index contributed by atoms with van der Waals surface area (Å²) in [6.45, 7) is 3.88. The van der Waals surface area contributed by atoms with E-state index in [2.05, 4.69) is 48.5 Å². The third-order valence-corrected chi connectivity index (χ3v) is 13.1. The zero-order valence-electron chi connectivity index (χ0n) is 29.2. The number of carbonyl (C=O) groups excluding carboxylic acids is 2. The van der Waals surface area contributed by atoms with E-state index in [4.69, 9.17) is 25.8 Å². The minimum Gasteiger partial charge on any atom is -0.490 e. The molecule has 0 radical (unpaired) electrons. The highest BCUT2D eigenvalue weighted by molar-refractivity contribution is 7.92. The number of allylic oxidation sites excluding steroid dienone is 1. The molecule has 6 atom stereocenters. The first-order valence-electron chi connectivity index (χ1n) is 17.6. The maximum atomic E-state index is 14.5. The molecule has 2 aliphatic heterocycles. The van der Waals surface area contributed by atoms with E-state index < -0.39 is 21.7 Å². The molecule has 4 aliphatic rings. The first-order valence-corrected chi connectivity index (χ1v) is 19.6. The number of nitrogens with zero attached hydrogens (tertiary/aromatic N) is 4. The fourth-order valence-electron chi connectivity index (χ4n) is 8.21. The molecular weight excluding hydrogens is 690 g/mol. The van der Waals surface area contributed by atoms with Crippen LogP contribution in [-0.4, -0.2) is 72.0 Å². The van der Waals surface area contributed by atoms with Crippen LogP contribution in [0.15, 0.2) is 65.2 Å². The molecule has 3 aromatic rings. The van der Waals surface area contributed by atoms with Crippen molar-refractivity contribution in [2.24, 2.45) is 22.1 Å². The normalized spacial score (nSPS) is 29.6. The molecule has 2 amide bonds. The van der Waals surface area contributed by atoms with Crippen molar-refractivity contribution in [1.29, 1.82) is 0 Å². The van der Waals surface area contributed by atoms with Gasteiger partial charge in [0.05, 0.1) is 37.5 Å². The maximum absolute atomic E-state index is 14.5. The molecule has 2 bridgehead atoms. The molecule has 2 aromatic carbocycles. The third kappa shape index (κ3) is 7.23. The molecular formula is C38H44ClN5O6S. The molecule has 1 N–H and O–H groups in total. The van der Waals surface area contributed by atoms with Gasteiger partial charge in [-0.3, -0.25) is 14.3 Å². The van der Waals surface area contributed by atoms with Crippen LogP contribution >= 0.6 is 11.6 Å². The second-order valence-corrected chi connectivity index (χ2v) is 16.8. The largest absolute Gasteiger partial charge is 0.490 e. The summed E-state index contributed by atoms with van der Waals surface area (Å²) in [6, 6.07) is 12.9. The van der Waals surface area contributed by atoms with Gasteiger partial charge in [0, 0.05) is 36.2 Å². The van der Waals surface area contributed by atoms with Crippen LogP contribution in [0.5, 0.6) is 11.6 Å². The van der Waals surface area contributed by atoms with Gasteiger partial charge in [-0.25, -0.2) is 4.21 Å². The van der Waals surface area contributed by atoms with Gasteiger partial charge in [-0.2, -0.15) is 5.10 Å². The minimum absolute atomic E-state index is 0.0271. The standard InChI is InChI=1S/C38H44ClN5O6S/c1-24-6-4-8-33(48-2)29-12-9-27(29)20-44-22-38(16-5-7-25-18-28(39)11-13-31(25)38)23-50-34-14-10-26(19-32(34)44)35(45)42-51(47,21-24)43-36(46)30-15-17-40-41-37(30)49-3/h4,8,10-11,13-15,17-19,24,27,29,33H,5-7,9,12,16,20-23H2,1-3H3,(H,42,43,45,46,47)/b8-4+/t24-,27-,29+,33-,38-,51?/m0/s1. The van der Waals surface area contributed by atoms with Crippen molar-refractivity contribution in [3.63, 3.8) is 0 Å². The maximum Gasteiger partial charge on any atom is 0.286 e. The number of amides is 2. The highest BCUT2D eigenvalue weighted by Gasteiger charge is 2.44. The van der Waals surface area contributed by atoms with E-state index in [0.29, 0.717) is 37.2 Å². The molecule has 270 valence electrons. The Morgan fingerprint density at radius 3 is 2.80 bits per heavy atom. The number of methoxy groups -OCH3 is 2. The predicted molar refractivity (Wildman–Crippen MR) is 196 cm³/mol. The van der Waals surface area contributed by atoms with Crippen molar-refractivity contribution in [2.45, 2.75) is 57.0 Å². The average molecular weight is 734 g/mol. The van der Waals surface area contributed by atoms with Crippen LogP contribution in [0.3, 0.4) is 0 Å². The molecule has 1 unspecified atom stereocenters. The monoisotopic (exact) mass is 733 g/mol. The summed E-state index contributed by atoms with van der Waals surface area (Å²) >= 11 is 6.45. The molecule has 1 fully saturated rings. The number of hydrogen-bond acceptors (Lipinski definition) is 9. The molecule has 51 heavy (non-hydrogen) atoms. The summed E-state index contributed by atoms with van der Waals surface area (Å²) in [5.74, 6) is -0.295. The van der Waals surface area contributed by atoms with Gasteiger partial charge >= 0.3 is 0 Å². The van der Waals surface area contributed by atoms with Crippen LogP contribution in [0.4, 0.5) is 5.69 Å². The van der Waals surface area contributed by atoms with Crippen LogP contribution in [0.2, 0.25) is 5.02 Å². The Morgan fingerprint density at radius 1 is 1.16 bits per heavy atom. The van der Waals surface area contributed by atoms with E-state index in [1.807, 2.05) is 19.1 Å². The summed E-state index contributed by atoms with van der Waals surface area (Å²) in [5, 5.41) is 8.34. The molecule has 3 heterocycles. The Labute approximate surface area is 304 Å². The molecule has 13 heteroatoms. The topological polar surface area (TPSA) is 132 Å². The highest BCUT2D eigenvalue weighted by Crippen LogP contribution is 2.47.